The number of carboxylic acids is 1. The van der Waals surface area contributed by atoms with Gasteiger partial charge in [-0.15, -0.1) is 0 Å². The molecule has 0 fully saturated rings. The Morgan fingerprint density at radius 1 is 1.05 bits per heavy atom. The van der Waals surface area contributed by atoms with Gasteiger partial charge < -0.3 is 5.11 Å². The van der Waals surface area contributed by atoms with E-state index < -0.39 is 5.97 Å². The van der Waals surface area contributed by atoms with Gasteiger partial charge in [0, 0.05) is 23.5 Å². The standard InChI is InChI=1S/C13H8N4O2S/c18-13(19)10-7-8(3-4-14-10)20-11-2-1-9-12(17-11)16-6-5-15-9/h1-7H,(H,18,19). The van der Waals surface area contributed by atoms with Crippen LogP contribution in [0.4, 0.5) is 0 Å². The van der Waals surface area contributed by atoms with Crippen molar-refractivity contribution in [2.45, 2.75) is 9.92 Å². The SMILES string of the molecule is O=C(O)c1cc(Sc2ccc3nccnc3n2)ccn1. The van der Waals surface area contributed by atoms with Gasteiger partial charge in [-0.1, -0.05) is 11.8 Å². The summed E-state index contributed by atoms with van der Waals surface area (Å²) in [5, 5.41) is 9.63. The lowest BCUT2D eigenvalue weighted by atomic mass is 10.3. The molecule has 0 aromatic carbocycles. The highest BCUT2D eigenvalue weighted by atomic mass is 32.2. The zero-order valence-corrected chi connectivity index (χ0v) is 10.9. The molecule has 0 amide bonds. The van der Waals surface area contributed by atoms with Gasteiger partial charge in [0.05, 0.1) is 0 Å². The molecule has 0 aliphatic heterocycles. The highest BCUT2D eigenvalue weighted by Gasteiger charge is 2.07. The first kappa shape index (κ1) is 12.5. The molecule has 0 saturated heterocycles. The Kier molecular flexibility index (Phi) is 3.26. The predicted molar refractivity (Wildman–Crippen MR) is 72.7 cm³/mol. The van der Waals surface area contributed by atoms with Gasteiger partial charge in [0.1, 0.15) is 16.2 Å². The summed E-state index contributed by atoms with van der Waals surface area (Å²) in [7, 11) is 0. The first-order valence-corrected chi connectivity index (χ1v) is 6.49. The van der Waals surface area contributed by atoms with E-state index in [2.05, 4.69) is 19.9 Å². The van der Waals surface area contributed by atoms with E-state index >= 15 is 0 Å². The highest BCUT2D eigenvalue weighted by molar-refractivity contribution is 7.99. The van der Waals surface area contributed by atoms with Crippen molar-refractivity contribution in [2.24, 2.45) is 0 Å². The van der Waals surface area contributed by atoms with E-state index in [0.717, 1.165) is 15.4 Å². The van der Waals surface area contributed by atoms with Gasteiger partial charge >= 0.3 is 5.97 Å². The molecule has 6 nitrogen and oxygen atoms in total. The van der Waals surface area contributed by atoms with Crippen LogP contribution in [0.15, 0.2) is 52.8 Å². The third-order valence-corrected chi connectivity index (χ3v) is 3.41. The van der Waals surface area contributed by atoms with E-state index in [0.29, 0.717) is 5.65 Å². The van der Waals surface area contributed by atoms with Gasteiger partial charge in [-0.05, 0) is 24.3 Å². The normalized spacial score (nSPS) is 10.6. The topological polar surface area (TPSA) is 88.9 Å². The van der Waals surface area contributed by atoms with Crippen LogP contribution < -0.4 is 0 Å². The number of pyridine rings is 2. The number of fused-ring (bicyclic) bond motifs is 1. The molecule has 0 saturated carbocycles. The zero-order chi connectivity index (χ0) is 13.9. The first-order chi connectivity index (χ1) is 9.72. The number of hydrogen-bond donors (Lipinski definition) is 1. The maximum Gasteiger partial charge on any atom is 0.354 e. The van der Waals surface area contributed by atoms with Crippen molar-refractivity contribution < 1.29 is 9.90 Å². The Morgan fingerprint density at radius 2 is 1.90 bits per heavy atom. The number of aromatic nitrogens is 4. The summed E-state index contributed by atoms with van der Waals surface area (Å²) >= 11 is 1.35. The molecule has 0 unspecified atom stereocenters. The van der Waals surface area contributed by atoms with Gasteiger partial charge in [0.25, 0.3) is 0 Å². The Balaban J connectivity index is 1.92. The van der Waals surface area contributed by atoms with Crippen molar-refractivity contribution in [3.05, 3.63) is 48.5 Å². The fourth-order valence-corrected chi connectivity index (χ4v) is 2.42. The van der Waals surface area contributed by atoms with E-state index in [4.69, 9.17) is 5.11 Å². The van der Waals surface area contributed by atoms with Crippen LogP contribution in [0.25, 0.3) is 11.2 Å². The van der Waals surface area contributed by atoms with Gasteiger partial charge in [0.2, 0.25) is 0 Å². The fourth-order valence-electron chi connectivity index (χ4n) is 1.61. The molecule has 3 rings (SSSR count). The van der Waals surface area contributed by atoms with Crippen molar-refractivity contribution in [3.8, 4) is 0 Å². The van der Waals surface area contributed by atoms with E-state index in [1.807, 2.05) is 12.1 Å². The van der Waals surface area contributed by atoms with Crippen LogP contribution in [0.5, 0.6) is 0 Å². The van der Waals surface area contributed by atoms with Gasteiger partial charge in [-0.25, -0.2) is 19.7 Å². The maximum absolute atomic E-state index is 10.9. The van der Waals surface area contributed by atoms with Crippen molar-refractivity contribution in [2.75, 3.05) is 0 Å². The van der Waals surface area contributed by atoms with Crippen LogP contribution in [0.3, 0.4) is 0 Å². The molecule has 3 aromatic heterocycles. The summed E-state index contributed by atoms with van der Waals surface area (Å²) in [5.74, 6) is -1.05. The van der Waals surface area contributed by atoms with Crippen LogP contribution in [0.2, 0.25) is 0 Å². The van der Waals surface area contributed by atoms with Crippen molar-refractivity contribution in [1.82, 2.24) is 19.9 Å². The monoisotopic (exact) mass is 284 g/mol. The molecular weight excluding hydrogens is 276 g/mol. The maximum atomic E-state index is 10.9. The van der Waals surface area contributed by atoms with Crippen molar-refractivity contribution >= 4 is 28.9 Å². The number of rotatable bonds is 3. The molecule has 0 bridgehead atoms. The lowest BCUT2D eigenvalue weighted by Gasteiger charge is -2.02. The van der Waals surface area contributed by atoms with Gasteiger partial charge in [0.15, 0.2) is 5.65 Å². The molecule has 0 radical (unpaired) electrons. The summed E-state index contributed by atoms with van der Waals surface area (Å²) in [4.78, 5) is 28.1. The Hall–Kier alpha value is -2.54. The third-order valence-electron chi connectivity index (χ3n) is 2.48. The van der Waals surface area contributed by atoms with Gasteiger partial charge in [-0.2, -0.15) is 0 Å². The minimum absolute atomic E-state index is 0.00980. The number of hydrogen-bond acceptors (Lipinski definition) is 6. The summed E-state index contributed by atoms with van der Waals surface area (Å²) in [5.41, 5.74) is 1.29. The molecule has 3 aromatic rings. The number of carboxylic acid groups (broad SMARTS) is 1. The molecule has 0 aliphatic rings. The van der Waals surface area contributed by atoms with E-state index in [-0.39, 0.29) is 5.69 Å². The van der Waals surface area contributed by atoms with Crippen LogP contribution in [0, 0.1) is 0 Å². The van der Waals surface area contributed by atoms with Crippen LogP contribution >= 0.6 is 11.8 Å². The van der Waals surface area contributed by atoms with Crippen LogP contribution in [0.1, 0.15) is 10.5 Å². The fraction of sp³-hybridized carbons (Fsp3) is 0. The summed E-state index contributed by atoms with van der Waals surface area (Å²) < 4.78 is 0. The lowest BCUT2D eigenvalue weighted by molar-refractivity contribution is 0.0690. The van der Waals surface area contributed by atoms with E-state index in [9.17, 15) is 4.79 Å². The van der Waals surface area contributed by atoms with Gasteiger partial charge in [-0.3, -0.25) is 4.98 Å². The van der Waals surface area contributed by atoms with Crippen LogP contribution in [-0.4, -0.2) is 31.0 Å². The smallest absolute Gasteiger partial charge is 0.354 e. The summed E-state index contributed by atoms with van der Waals surface area (Å²) in [6, 6.07) is 6.90. The minimum atomic E-state index is -1.05. The number of nitrogens with zero attached hydrogens (tertiary/aromatic N) is 4. The quantitative estimate of drug-likeness (QED) is 0.789. The van der Waals surface area contributed by atoms with Crippen molar-refractivity contribution in [3.63, 3.8) is 0 Å². The average molecular weight is 284 g/mol. The van der Waals surface area contributed by atoms with E-state index in [1.165, 1.54) is 24.0 Å². The number of carbonyl (C=O) groups is 1. The van der Waals surface area contributed by atoms with Crippen molar-refractivity contribution in [1.29, 1.82) is 0 Å². The second kappa shape index (κ2) is 5.22. The Bertz CT molecular complexity index is 794. The molecule has 98 valence electrons. The first-order valence-electron chi connectivity index (χ1n) is 5.67. The zero-order valence-electron chi connectivity index (χ0n) is 10.1. The second-order valence-corrected chi connectivity index (χ2v) is 4.93. The molecule has 20 heavy (non-hydrogen) atoms. The molecule has 0 aliphatic carbocycles. The molecule has 1 N–H and O–H groups in total. The van der Waals surface area contributed by atoms with E-state index in [1.54, 1.807) is 18.5 Å². The number of aromatic carboxylic acids is 1. The predicted octanol–water partition coefficient (Wildman–Crippen LogP) is 2.27. The Morgan fingerprint density at radius 3 is 2.75 bits per heavy atom. The van der Waals surface area contributed by atoms with Crippen LogP contribution in [-0.2, 0) is 0 Å². The second-order valence-electron chi connectivity index (χ2n) is 3.83. The summed E-state index contributed by atoms with van der Waals surface area (Å²) in [6.45, 7) is 0. The third kappa shape index (κ3) is 2.57. The molecule has 7 heteroatoms. The molecular formula is C13H8N4O2S. The lowest BCUT2D eigenvalue weighted by Crippen LogP contribution is -1.99. The minimum Gasteiger partial charge on any atom is -0.477 e. The molecule has 0 spiro atoms. The largest absolute Gasteiger partial charge is 0.477 e. The Labute approximate surface area is 117 Å². The molecule has 0 atom stereocenters. The highest BCUT2D eigenvalue weighted by Crippen LogP contribution is 2.26. The molecule has 3 heterocycles. The summed E-state index contributed by atoms with van der Waals surface area (Å²) in [6.07, 6.45) is 4.66. The average Bonchev–Trinajstić information content (AvgIpc) is 2.47.